The van der Waals surface area contributed by atoms with Gasteiger partial charge in [-0.15, -0.1) is 0 Å². The van der Waals surface area contributed by atoms with E-state index in [1.165, 1.54) is 23.1 Å². The summed E-state index contributed by atoms with van der Waals surface area (Å²) in [5, 5.41) is 2.92. The van der Waals surface area contributed by atoms with Crippen LogP contribution in [0.25, 0.3) is 0 Å². The van der Waals surface area contributed by atoms with Crippen LogP contribution in [-0.2, 0) is 6.54 Å². The second kappa shape index (κ2) is 6.35. The number of carbonyl (C=O) groups excluding carboxylic acids is 1. The molecule has 0 unspecified atom stereocenters. The maximum atomic E-state index is 13.6. The van der Waals surface area contributed by atoms with Crippen molar-refractivity contribution in [2.45, 2.75) is 6.54 Å². The average Bonchev–Trinajstić information content (AvgIpc) is 2.46. The first-order valence-electron chi connectivity index (χ1n) is 6.48. The van der Waals surface area contributed by atoms with Crippen LogP contribution in [0.5, 0.6) is 0 Å². The molecule has 0 radical (unpaired) electrons. The summed E-state index contributed by atoms with van der Waals surface area (Å²) in [6, 6.07) is 10.6. The lowest BCUT2D eigenvalue weighted by molar-refractivity contribution is 0.0828. The summed E-state index contributed by atoms with van der Waals surface area (Å²) in [5.41, 5.74) is 0.947. The number of nitrogens with one attached hydrogen (secondary N) is 1. The monoisotopic (exact) mass is 290 g/mol. The van der Waals surface area contributed by atoms with E-state index in [4.69, 9.17) is 0 Å². The number of benzene rings is 2. The van der Waals surface area contributed by atoms with Gasteiger partial charge in [-0.1, -0.05) is 18.2 Å². The second-order valence-corrected chi connectivity index (χ2v) is 4.80. The van der Waals surface area contributed by atoms with Gasteiger partial charge in [-0.3, -0.25) is 4.79 Å². The molecule has 2 rings (SSSR count). The molecule has 1 N–H and O–H groups in total. The van der Waals surface area contributed by atoms with Crippen molar-refractivity contribution in [1.29, 1.82) is 0 Å². The fourth-order valence-electron chi connectivity index (χ4n) is 1.95. The van der Waals surface area contributed by atoms with Gasteiger partial charge >= 0.3 is 0 Å². The minimum atomic E-state index is -0.612. The van der Waals surface area contributed by atoms with E-state index in [9.17, 15) is 13.6 Å². The Morgan fingerprint density at radius 2 is 1.67 bits per heavy atom. The maximum absolute atomic E-state index is 13.6. The predicted octanol–water partition coefficient (Wildman–Crippen LogP) is 3.28. The zero-order valence-electron chi connectivity index (χ0n) is 11.9. The molecule has 0 fully saturated rings. The number of amides is 1. The van der Waals surface area contributed by atoms with Crippen molar-refractivity contribution in [2.24, 2.45) is 0 Å². The number of nitrogens with zero attached hydrogens (tertiary/aromatic N) is 1. The molecule has 0 aliphatic rings. The predicted molar refractivity (Wildman–Crippen MR) is 78.1 cm³/mol. The molecule has 2 aromatic rings. The van der Waals surface area contributed by atoms with Crippen LogP contribution in [0.3, 0.4) is 0 Å². The molecule has 110 valence electrons. The van der Waals surface area contributed by atoms with Gasteiger partial charge in [0.2, 0.25) is 0 Å². The molecule has 0 saturated carbocycles. The van der Waals surface area contributed by atoms with Crippen molar-refractivity contribution >= 4 is 11.6 Å². The lowest BCUT2D eigenvalue weighted by atomic mass is 10.1. The summed E-state index contributed by atoms with van der Waals surface area (Å²) in [6.07, 6.45) is 0. The molecule has 3 nitrogen and oxygen atoms in total. The summed E-state index contributed by atoms with van der Waals surface area (Å²) < 4.78 is 27.2. The highest BCUT2D eigenvalue weighted by atomic mass is 19.1. The third-order valence-corrected chi connectivity index (χ3v) is 3.08. The SMILES string of the molecule is CN(C)C(=O)c1ccccc1NCc1c(F)cccc1F. The zero-order valence-corrected chi connectivity index (χ0v) is 11.9. The first kappa shape index (κ1) is 15.0. The lowest BCUT2D eigenvalue weighted by Crippen LogP contribution is -2.23. The molecule has 0 aromatic heterocycles. The van der Waals surface area contributed by atoms with E-state index in [1.807, 2.05) is 0 Å². The molecule has 0 spiro atoms. The van der Waals surface area contributed by atoms with Gasteiger partial charge in [0.25, 0.3) is 5.91 Å². The van der Waals surface area contributed by atoms with Crippen molar-refractivity contribution < 1.29 is 13.6 Å². The summed E-state index contributed by atoms with van der Waals surface area (Å²) >= 11 is 0. The molecule has 2 aromatic carbocycles. The van der Waals surface area contributed by atoms with E-state index in [0.29, 0.717) is 11.3 Å². The zero-order chi connectivity index (χ0) is 15.4. The molecule has 0 aliphatic carbocycles. The minimum Gasteiger partial charge on any atom is -0.380 e. The third kappa shape index (κ3) is 3.37. The van der Waals surface area contributed by atoms with Gasteiger partial charge in [-0.2, -0.15) is 0 Å². The molecule has 0 bridgehead atoms. The highest BCUT2D eigenvalue weighted by Crippen LogP contribution is 2.19. The molecular formula is C16H16F2N2O. The fraction of sp³-hybridized carbons (Fsp3) is 0.188. The maximum Gasteiger partial charge on any atom is 0.255 e. The quantitative estimate of drug-likeness (QED) is 0.937. The van der Waals surface area contributed by atoms with Crippen LogP contribution in [0.4, 0.5) is 14.5 Å². The Hall–Kier alpha value is -2.43. The largest absolute Gasteiger partial charge is 0.380 e. The highest BCUT2D eigenvalue weighted by Gasteiger charge is 2.14. The third-order valence-electron chi connectivity index (χ3n) is 3.08. The Morgan fingerprint density at radius 1 is 1.05 bits per heavy atom. The van der Waals surface area contributed by atoms with Crippen LogP contribution in [0.1, 0.15) is 15.9 Å². The van der Waals surface area contributed by atoms with Gasteiger partial charge in [-0.05, 0) is 24.3 Å². The van der Waals surface area contributed by atoms with E-state index >= 15 is 0 Å². The summed E-state index contributed by atoms with van der Waals surface area (Å²) in [6.45, 7) is -0.0315. The van der Waals surface area contributed by atoms with Crippen molar-refractivity contribution in [3.05, 3.63) is 65.2 Å². The van der Waals surface area contributed by atoms with E-state index in [1.54, 1.807) is 38.4 Å². The second-order valence-electron chi connectivity index (χ2n) is 4.80. The standard InChI is InChI=1S/C16H16F2N2O/c1-20(2)16(21)11-6-3-4-9-15(11)19-10-12-13(17)7-5-8-14(12)18/h3-9,19H,10H2,1-2H3. The number of anilines is 1. The Labute approximate surface area is 122 Å². The van der Waals surface area contributed by atoms with Crippen LogP contribution in [0, 0.1) is 11.6 Å². The fourth-order valence-corrected chi connectivity index (χ4v) is 1.95. The van der Waals surface area contributed by atoms with Gasteiger partial charge in [0.1, 0.15) is 11.6 Å². The molecule has 0 saturated heterocycles. The van der Waals surface area contributed by atoms with Crippen LogP contribution >= 0.6 is 0 Å². The Kier molecular flexibility index (Phi) is 4.52. The lowest BCUT2D eigenvalue weighted by Gasteiger charge is -2.15. The smallest absolute Gasteiger partial charge is 0.255 e. The van der Waals surface area contributed by atoms with Crippen molar-refractivity contribution in [3.63, 3.8) is 0 Å². The summed E-state index contributed by atoms with van der Waals surface area (Å²) in [7, 11) is 3.30. The van der Waals surface area contributed by atoms with Gasteiger partial charge in [0, 0.05) is 31.9 Å². The van der Waals surface area contributed by atoms with Crippen LogP contribution < -0.4 is 5.32 Å². The van der Waals surface area contributed by atoms with Crippen molar-refractivity contribution in [1.82, 2.24) is 4.90 Å². The van der Waals surface area contributed by atoms with Gasteiger partial charge in [0.05, 0.1) is 5.56 Å². The van der Waals surface area contributed by atoms with E-state index in [2.05, 4.69) is 5.32 Å². The molecule has 0 atom stereocenters. The van der Waals surface area contributed by atoms with Crippen LogP contribution in [0.2, 0.25) is 0 Å². The number of hydrogen-bond acceptors (Lipinski definition) is 2. The van der Waals surface area contributed by atoms with E-state index in [0.717, 1.165) is 0 Å². The Morgan fingerprint density at radius 3 is 2.29 bits per heavy atom. The molecule has 21 heavy (non-hydrogen) atoms. The number of para-hydroxylation sites is 1. The highest BCUT2D eigenvalue weighted by molar-refractivity contribution is 5.99. The van der Waals surface area contributed by atoms with Gasteiger partial charge in [0.15, 0.2) is 0 Å². The number of halogens is 2. The number of carbonyl (C=O) groups is 1. The van der Waals surface area contributed by atoms with Crippen LogP contribution in [0.15, 0.2) is 42.5 Å². The van der Waals surface area contributed by atoms with E-state index < -0.39 is 11.6 Å². The van der Waals surface area contributed by atoms with Crippen molar-refractivity contribution in [3.8, 4) is 0 Å². The van der Waals surface area contributed by atoms with Gasteiger partial charge in [-0.25, -0.2) is 8.78 Å². The normalized spacial score (nSPS) is 10.3. The molecule has 0 heterocycles. The van der Waals surface area contributed by atoms with Crippen molar-refractivity contribution in [2.75, 3.05) is 19.4 Å². The Balaban J connectivity index is 2.23. The first-order valence-corrected chi connectivity index (χ1v) is 6.48. The molecule has 0 aliphatic heterocycles. The number of hydrogen-bond donors (Lipinski definition) is 1. The summed E-state index contributed by atoms with van der Waals surface area (Å²) in [4.78, 5) is 13.5. The number of rotatable bonds is 4. The summed E-state index contributed by atoms with van der Waals surface area (Å²) in [5.74, 6) is -1.40. The van der Waals surface area contributed by atoms with Crippen LogP contribution in [-0.4, -0.2) is 24.9 Å². The first-order chi connectivity index (χ1) is 10.0. The van der Waals surface area contributed by atoms with Gasteiger partial charge < -0.3 is 10.2 Å². The molecule has 5 heteroatoms. The average molecular weight is 290 g/mol. The van der Waals surface area contributed by atoms with E-state index in [-0.39, 0.29) is 18.0 Å². The molecular weight excluding hydrogens is 274 g/mol. The minimum absolute atomic E-state index is 0.0315. The molecule has 1 amide bonds. The Bertz CT molecular complexity index is 636. The topological polar surface area (TPSA) is 32.3 Å².